The number of hydrogen-bond donors (Lipinski definition) is 2. The summed E-state index contributed by atoms with van der Waals surface area (Å²) in [5, 5.41) is 2.93. The minimum atomic E-state index is -4.54. The average molecular weight is 376 g/mol. The van der Waals surface area contributed by atoms with E-state index in [1.165, 1.54) is 16.8 Å². The Balaban J connectivity index is 1.62. The van der Waals surface area contributed by atoms with Gasteiger partial charge in [0.1, 0.15) is 17.8 Å². The number of nitrogens with zero attached hydrogens (tertiary/aromatic N) is 4. The zero-order chi connectivity index (χ0) is 18.1. The normalized spacial score (nSPS) is 17.6. The lowest BCUT2D eigenvalue weighted by atomic mass is 10.1. The van der Waals surface area contributed by atoms with E-state index >= 15 is 0 Å². The first-order valence-corrected chi connectivity index (χ1v) is 8.85. The van der Waals surface area contributed by atoms with Crippen LogP contribution in [0.25, 0.3) is 0 Å². The van der Waals surface area contributed by atoms with Gasteiger partial charge in [0.25, 0.3) is 10.0 Å². The monoisotopic (exact) mass is 376 g/mol. The number of nitrogens with one attached hydrogen (secondary N) is 2. The maximum atomic E-state index is 12.7. The quantitative estimate of drug-likeness (QED) is 0.838. The lowest BCUT2D eigenvalue weighted by molar-refractivity contribution is -0.141. The highest BCUT2D eigenvalue weighted by Crippen LogP contribution is 2.28. The summed E-state index contributed by atoms with van der Waals surface area (Å²) >= 11 is 0. The average Bonchev–Trinajstić information content (AvgIpc) is 3.10. The first kappa shape index (κ1) is 17.6. The summed E-state index contributed by atoms with van der Waals surface area (Å²) in [6, 6.07) is 0.664. The van der Waals surface area contributed by atoms with Crippen LogP contribution in [0.2, 0.25) is 0 Å². The molecule has 0 saturated carbocycles. The van der Waals surface area contributed by atoms with Crippen molar-refractivity contribution in [1.82, 2.24) is 24.2 Å². The summed E-state index contributed by atoms with van der Waals surface area (Å²) in [6.45, 7) is 0.493. The van der Waals surface area contributed by atoms with Gasteiger partial charge in [-0.15, -0.1) is 0 Å². The van der Waals surface area contributed by atoms with Crippen molar-refractivity contribution in [2.24, 2.45) is 0 Å². The van der Waals surface area contributed by atoms with Gasteiger partial charge in [0.2, 0.25) is 0 Å². The smallest absolute Gasteiger partial charge is 0.367 e. The number of imidazole rings is 1. The number of alkyl halides is 3. The van der Waals surface area contributed by atoms with Crippen molar-refractivity contribution < 1.29 is 21.6 Å². The number of hydrogen-bond acceptors (Lipinski definition) is 6. The third-order valence-electron chi connectivity index (χ3n) is 3.85. The van der Waals surface area contributed by atoms with Crippen LogP contribution in [-0.4, -0.2) is 51.8 Å². The van der Waals surface area contributed by atoms with Crippen LogP contribution in [-0.2, 0) is 16.2 Å². The second-order valence-corrected chi connectivity index (χ2v) is 7.43. The largest absolute Gasteiger partial charge is 0.433 e. The fourth-order valence-corrected chi connectivity index (χ4v) is 3.93. The van der Waals surface area contributed by atoms with Crippen LogP contribution in [0.5, 0.6) is 0 Å². The molecule has 0 amide bonds. The van der Waals surface area contributed by atoms with Gasteiger partial charge in [0.15, 0.2) is 5.03 Å². The topological polar surface area (TPSA) is 104 Å². The number of piperidine rings is 1. The first-order chi connectivity index (χ1) is 11.8. The predicted molar refractivity (Wildman–Crippen MR) is 81.0 cm³/mol. The molecule has 1 aliphatic rings. The first-order valence-electron chi connectivity index (χ1n) is 7.41. The number of anilines is 1. The van der Waals surface area contributed by atoms with E-state index in [2.05, 4.69) is 25.3 Å². The second-order valence-electron chi connectivity index (χ2n) is 5.52. The number of H-pyrrole nitrogens is 1. The maximum absolute atomic E-state index is 12.7. The molecule has 2 aromatic heterocycles. The van der Waals surface area contributed by atoms with E-state index in [0.29, 0.717) is 12.8 Å². The zero-order valence-corrected chi connectivity index (χ0v) is 13.7. The molecule has 1 fully saturated rings. The standard InChI is InChI=1S/C13H15F3N6O2S/c14-13(15,16)10-5-11(19-8-18-10)21-9-1-3-22(4-2-9)25(23,24)12-6-17-7-20-12/h5-9H,1-4H2,(H,17,20)(H,18,19,21). The van der Waals surface area contributed by atoms with Crippen LogP contribution in [0.4, 0.5) is 19.0 Å². The Kier molecular flexibility index (Phi) is 4.64. The Morgan fingerprint density at radius 3 is 2.56 bits per heavy atom. The third kappa shape index (κ3) is 3.90. The molecule has 2 N–H and O–H groups in total. The molecule has 0 aromatic carbocycles. The van der Waals surface area contributed by atoms with Crippen molar-refractivity contribution in [2.45, 2.75) is 30.1 Å². The van der Waals surface area contributed by atoms with Crippen molar-refractivity contribution in [2.75, 3.05) is 18.4 Å². The highest BCUT2D eigenvalue weighted by Gasteiger charge is 2.34. The third-order valence-corrected chi connectivity index (χ3v) is 5.68. The van der Waals surface area contributed by atoms with Crippen LogP contribution in [0.15, 0.2) is 29.9 Å². The van der Waals surface area contributed by atoms with Crippen LogP contribution in [0, 0.1) is 0 Å². The molecule has 0 aliphatic carbocycles. The SMILES string of the molecule is O=S(=O)(c1cnc[nH]1)N1CCC(Nc2cc(C(F)(F)F)ncn2)CC1. The molecule has 0 spiro atoms. The van der Waals surface area contributed by atoms with Gasteiger partial charge >= 0.3 is 6.18 Å². The highest BCUT2D eigenvalue weighted by molar-refractivity contribution is 7.89. The number of rotatable bonds is 4. The highest BCUT2D eigenvalue weighted by atomic mass is 32.2. The summed E-state index contributed by atoms with van der Waals surface area (Å²) in [5.74, 6) is 0.0669. The molecule has 0 radical (unpaired) electrons. The van der Waals surface area contributed by atoms with E-state index < -0.39 is 21.9 Å². The Morgan fingerprint density at radius 1 is 1.24 bits per heavy atom. The van der Waals surface area contributed by atoms with Crippen LogP contribution >= 0.6 is 0 Å². The summed E-state index contributed by atoms with van der Waals surface area (Å²) in [4.78, 5) is 13.3. The molecule has 3 heterocycles. The Bertz CT molecular complexity index is 817. The number of sulfonamides is 1. The van der Waals surface area contributed by atoms with E-state index in [1.54, 1.807) is 0 Å². The molecule has 0 bridgehead atoms. The summed E-state index contributed by atoms with van der Waals surface area (Å²) in [6.07, 6.45) is -0.283. The lowest BCUT2D eigenvalue weighted by Gasteiger charge is -2.31. The molecule has 1 aliphatic heterocycles. The molecule has 8 nitrogen and oxygen atoms in total. The predicted octanol–water partition coefficient (Wildman–Crippen LogP) is 1.48. The molecule has 0 atom stereocenters. The number of aromatic nitrogens is 4. The van der Waals surface area contributed by atoms with Crippen molar-refractivity contribution in [1.29, 1.82) is 0 Å². The Labute approximate surface area is 141 Å². The van der Waals surface area contributed by atoms with E-state index in [-0.39, 0.29) is 30.0 Å². The van der Waals surface area contributed by atoms with Gasteiger partial charge < -0.3 is 10.3 Å². The van der Waals surface area contributed by atoms with Crippen molar-refractivity contribution in [3.8, 4) is 0 Å². The molecule has 2 aromatic rings. The van der Waals surface area contributed by atoms with Crippen molar-refractivity contribution in [3.05, 3.63) is 30.6 Å². The van der Waals surface area contributed by atoms with E-state index in [1.807, 2.05) is 0 Å². The molecular weight excluding hydrogens is 361 g/mol. The molecule has 12 heteroatoms. The fraction of sp³-hybridized carbons (Fsp3) is 0.462. The summed E-state index contributed by atoms with van der Waals surface area (Å²) < 4.78 is 64.0. The van der Waals surface area contributed by atoms with E-state index in [0.717, 1.165) is 12.4 Å². The molecular formula is C13H15F3N6O2S. The van der Waals surface area contributed by atoms with Crippen LogP contribution in [0.1, 0.15) is 18.5 Å². The summed E-state index contributed by atoms with van der Waals surface area (Å²) in [7, 11) is -3.63. The van der Waals surface area contributed by atoms with Crippen LogP contribution in [0.3, 0.4) is 0 Å². The minimum absolute atomic E-state index is 0.0181. The molecule has 136 valence electrons. The zero-order valence-electron chi connectivity index (χ0n) is 12.9. The Hall–Kier alpha value is -2.21. The van der Waals surface area contributed by atoms with E-state index in [9.17, 15) is 21.6 Å². The minimum Gasteiger partial charge on any atom is -0.367 e. The molecule has 25 heavy (non-hydrogen) atoms. The second kappa shape index (κ2) is 6.59. The van der Waals surface area contributed by atoms with Gasteiger partial charge in [-0.25, -0.2) is 23.4 Å². The van der Waals surface area contributed by atoms with Crippen molar-refractivity contribution in [3.63, 3.8) is 0 Å². The fourth-order valence-electron chi connectivity index (χ4n) is 2.56. The number of aromatic amines is 1. The van der Waals surface area contributed by atoms with Gasteiger partial charge in [-0.05, 0) is 12.8 Å². The Morgan fingerprint density at radius 2 is 1.96 bits per heavy atom. The molecule has 0 unspecified atom stereocenters. The van der Waals surface area contributed by atoms with Gasteiger partial charge in [0.05, 0.1) is 12.5 Å². The van der Waals surface area contributed by atoms with Gasteiger partial charge in [-0.2, -0.15) is 17.5 Å². The van der Waals surface area contributed by atoms with Gasteiger partial charge in [-0.3, -0.25) is 0 Å². The molecule has 1 saturated heterocycles. The maximum Gasteiger partial charge on any atom is 0.433 e. The van der Waals surface area contributed by atoms with Gasteiger partial charge in [0, 0.05) is 25.2 Å². The van der Waals surface area contributed by atoms with Gasteiger partial charge in [-0.1, -0.05) is 0 Å². The lowest BCUT2D eigenvalue weighted by Crippen LogP contribution is -2.42. The number of halogens is 3. The molecule has 3 rings (SSSR count). The van der Waals surface area contributed by atoms with Crippen molar-refractivity contribution >= 4 is 15.8 Å². The van der Waals surface area contributed by atoms with E-state index in [4.69, 9.17) is 0 Å². The van der Waals surface area contributed by atoms with Crippen LogP contribution < -0.4 is 5.32 Å². The summed E-state index contributed by atoms with van der Waals surface area (Å²) in [5.41, 5.74) is -1.02.